The van der Waals surface area contributed by atoms with Gasteiger partial charge in [0.2, 0.25) is 0 Å². The molecule has 2 nitrogen and oxygen atoms in total. The molecule has 2 heteroatoms. The second-order valence-corrected chi connectivity index (χ2v) is 18.0. The predicted octanol–water partition coefficient (Wildman–Crippen LogP) is 18.0. The zero-order valence-corrected chi connectivity index (χ0v) is 38.0. The Morgan fingerprint density at radius 2 is 0.493 bits per heavy atom. The minimum absolute atomic E-state index is 0.450. The van der Waals surface area contributed by atoms with Gasteiger partial charge < -0.3 is 9.80 Å². The third-order valence-corrected chi connectivity index (χ3v) is 14.3. The molecule has 0 N–H and O–H groups in total. The molecule has 0 saturated heterocycles. The fourth-order valence-corrected chi connectivity index (χ4v) is 11.2. The van der Waals surface area contributed by atoms with E-state index in [0.717, 1.165) is 34.1 Å². The van der Waals surface area contributed by atoms with E-state index in [0.29, 0.717) is 0 Å². The molecule has 0 atom stereocenters. The summed E-state index contributed by atoms with van der Waals surface area (Å²) in [6.45, 7) is 0. The van der Waals surface area contributed by atoms with E-state index in [1.807, 2.05) is 0 Å². The van der Waals surface area contributed by atoms with Gasteiger partial charge in [0, 0.05) is 34.0 Å². The Kier molecular flexibility index (Phi) is 9.77. The molecule has 0 aliphatic heterocycles. The van der Waals surface area contributed by atoms with Crippen molar-refractivity contribution in [3.8, 4) is 55.6 Å². The molecule has 0 heterocycles. The lowest BCUT2D eigenvalue weighted by molar-refractivity contribution is 0.794. The molecule has 2 aliphatic carbocycles. The molecular formula is C67H46N2. The van der Waals surface area contributed by atoms with Crippen LogP contribution in [0.2, 0.25) is 0 Å². The van der Waals surface area contributed by atoms with Crippen molar-refractivity contribution >= 4 is 34.1 Å². The topological polar surface area (TPSA) is 6.48 Å². The van der Waals surface area contributed by atoms with E-state index in [1.54, 1.807) is 0 Å². The highest BCUT2D eigenvalue weighted by molar-refractivity contribution is 6.01. The first kappa shape index (κ1) is 40.3. The number of hydrogen-bond donors (Lipinski definition) is 0. The van der Waals surface area contributed by atoms with E-state index in [2.05, 4.69) is 289 Å². The molecule has 0 aromatic heterocycles. The second-order valence-electron chi connectivity index (χ2n) is 18.0. The lowest BCUT2D eigenvalue weighted by atomic mass is 9.70. The van der Waals surface area contributed by atoms with Gasteiger partial charge in [-0.1, -0.05) is 212 Å². The second kappa shape index (κ2) is 16.7. The van der Waals surface area contributed by atoms with Gasteiger partial charge in [0.25, 0.3) is 0 Å². The maximum atomic E-state index is 2.47. The van der Waals surface area contributed by atoms with Crippen molar-refractivity contribution in [1.29, 1.82) is 0 Å². The van der Waals surface area contributed by atoms with Crippen molar-refractivity contribution in [2.45, 2.75) is 5.41 Å². The van der Waals surface area contributed by atoms with Gasteiger partial charge in [0.1, 0.15) is 0 Å². The molecular weight excluding hydrogens is 833 g/mol. The first-order chi connectivity index (χ1) is 34.2. The quantitative estimate of drug-likeness (QED) is 0.143. The third kappa shape index (κ3) is 6.64. The maximum absolute atomic E-state index is 2.47. The van der Waals surface area contributed by atoms with Gasteiger partial charge in [-0.2, -0.15) is 0 Å². The van der Waals surface area contributed by atoms with Crippen LogP contribution in [-0.4, -0.2) is 0 Å². The minimum atomic E-state index is -0.450. The van der Waals surface area contributed by atoms with E-state index in [1.165, 1.54) is 77.9 Å². The molecule has 0 fully saturated rings. The summed E-state index contributed by atoms with van der Waals surface area (Å²) in [5.41, 5.74) is 23.7. The molecule has 324 valence electrons. The Hall–Kier alpha value is -8.98. The fraction of sp³-hybridized carbons (Fsp3) is 0.0149. The van der Waals surface area contributed by atoms with Gasteiger partial charge >= 0.3 is 0 Å². The van der Waals surface area contributed by atoms with Gasteiger partial charge in [0.15, 0.2) is 0 Å². The first-order valence-corrected chi connectivity index (χ1v) is 23.8. The van der Waals surface area contributed by atoms with Crippen molar-refractivity contribution in [2.24, 2.45) is 0 Å². The maximum Gasteiger partial charge on any atom is 0.0726 e. The molecule has 11 aromatic carbocycles. The molecule has 0 unspecified atom stereocenters. The van der Waals surface area contributed by atoms with Gasteiger partial charge in [0.05, 0.1) is 11.1 Å². The third-order valence-electron chi connectivity index (χ3n) is 14.3. The highest BCUT2D eigenvalue weighted by Crippen LogP contribution is 2.64. The molecule has 0 amide bonds. The molecule has 0 radical (unpaired) electrons. The van der Waals surface area contributed by atoms with Crippen LogP contribution < -0.4 is 9.80 Å². The van der Waals surface area contributed by atoms with Crippen LogP contribution in [0.4, 0.5) is 34.1 Å². The van der Waals surface area contributed by atoms with E-state index < -0.39 is 5.41 Å². The highest BCUT2D eigenvalue weighted by Gasteiger charge is 2.52. The number of nitrogens with zero attached hydrogens (tertiary/aromatic N) is 2. The van der Waals surface area contributed by atoms with Crippen LogP contribution in [-0.2, 0) is 5.41 Å². The monoisotopic (exact) mass is 878 g/mol. The molecule has 2 aliphatic rings. The highest BCUT2D eigenvalue weighted by atomic mass is 15.2. The van der Waals surface area contributed by atoms with Crippen molar-refractivity contribution < 1.29 is 0 Å². The Morgan fingerprint density at radius 1 is 0.203 bits per heavy atom. The smallest absolute Gasteiger partial charge is 0.0726 e. The zero-order valence-electron chi connectivity index (χ0n) is 38.0. The minimum Gasteiger partial charge on any atom is -0.311 e. The van der Waals surface area contributed by atoms with Crippen LogP contribution in [0.5, 0.6) is 0 Å². The standard InChI is InChI=1S/C67H46N2/c1-4-17-47(18-5-1)50-31-37-53(38-32-50)68(54-39-33-51(34-40-54)48-19-6-2-7-20-48)55-43-45-57(46-44-55)69(56-41-35-52(36-42-56)49-21-8-3-9-22-49)65-30-16-29-64-66(65)60-25-12-15-28-63(60)67(64)61-26-13-10-23-58(61)59-24-11-14-27-62(59)67/h1-46H. The van der Waals surface area contributed by atoms with Crippen molar-refractivity contribution in [3.05, 3.63) is 301 Å². The number of rotatable bonds is 9. The van der Waals surface area contributed by atoms with E-state index in [-0.39, 0.29) is 0 Å². The summed E-state index contributed by atoms with van der Waals surface area (Å²) < 4.78 is 0. The van der Waals surface area contributed by atoms with Crippen molar-refractivity contribution in [1.82, 2.24) is 0 Å². The molecule has 11 aromatic rings. The molecule has 69 heavy (non-hydrogen) atoms. The summed E-state index contributed by atoms with van der Waals surface area (Å²) in [4.78, 5) is 4.83. The lowest BCUT2D eigenvalue weighted by Gasteiger charge is -2.32. The van der Waals surface area contributed by atoms with Crippen LogP contribution in [0.3, 0.4) is 0 Å². The Morgan fingerprint density at radius 3 is 0.899 bits per heavy atom. The fourth-order valence-electron chi connectivity index (χ4n) is 11.2. The summed E-state index contributed by atoms with van der Waals surface area (Å²) in [7, 11) is 0. The predicted molar refractivity (Wildman–Crippen MR) is 288 cm³/mol. The van der Waals surface area contributed by atoms with Crippen molar-refractivity contribution in [2.75, 3.05) is 9.80 Å². The summed E-state index contributed by atoms with van der Waals surface area (Å²) >= 11 is 0. The van der Waals surface area contributed by atoms with Gasteiger partial charge in [-0.15, -0.1) is 0 Å². The zero-order chi connectivity index (χ0) is 45.7. The SMILES string of the molecule is c1ccc(-c2ccc(N(c3ccc(-c4ccccc4)cc3)c3ccc(N(c4ccc(-c5ccccc5)cc4)c4cccc5c4-c4ccccc4C54c5ccccc5-c5ccccc54)cc3)cc2)cc1. The molecule has 0 bridgehead atoms. The molecule has 1 spiro atoms. The van der Waals surface area contributed by atoms with Crippen LogP contribution in [0.25, 0.3) is 55.6 Å². The summed E-state index contributed by atoms with van der Waals surface area (Å²) in [5, 5.41) is 0. The van der Waals surface area contributed by atoms with Crippen LogP contribution in [0.1, 0.15) is 22.3 Å². The van der Waals surface area contributed by atoms with Gasteiger partial charge in [-0.25, -0.2) is 0 Å². The first-order valence-electron chi connectivity index (χ1n) is 23.8. The van der Waals surface area contributed by atoms with Crippen LogP contribution in [0.15, 0.2) is 279 Å². The Balaban J connectivity index is 0.974. The number of fused-ring (bicyclic) bond motifs is 10. The molecule has 0 saturated carbocycles. The van der Waals surface area contributed by atoms with E-state index in [4.69, 9.17) is 0 Å². The summed E-state index contributed by atoms with van der Waals surface area (Å²) in [6.07, 6.45) is 0. The van der Waals surface area contributed by atoms with E-state index in [9.17, 15) is 0 Å². The number of hydrogen-bond acceptors (Lipinski definition) is 2. The van der Waals surface area contributed by atoms with Gasteiger partial charge in [-0.05, 0) is 139 Å². The van der Waals surface area contributed by atoms with Crippen molar-refractivity contribution in [3.63, 3.8) is 0 Å². The average Bonchev–Trinajstić information content (AvgIpc) is 3.91. The Bertz CT molecular complexity index is 3490. The van der Waals surface area contributed by atoms with E-state index >= 15 is 0 Å². The summed E-state index contributed by atoms with van der Waals surface area (Å²) in [6, 6.07) is 102. The average molecular weight is 879 g/mol. The summed E-state index contributed by atoms with van der Waals surface area (Å²) in [5.74, 6) is 0. The normalized spacial score (nSPS) is 12.5. The van der Waals surface area contributed by atoms with Crippen LogP contribution in [0, 0.1) is 0 Å². The largest absolute Gasteiger partial charge is 0.311 e. The number of anilines is 6. The molecule has 13 rings (SSSR count). The Labute approximate surface area is 404 Å². The van der Waals surface area contributed by atoms with Crippen LogP contribution >= 0.6 is 0 Å². The lowest BCUT2D eigenvalue weighted by Crippen LogP contribution is -2.26. The van der Waals surface area contributed by atoms with Gasteiger partial charge in [-0.3, -0.25) is 0 Å². The number of benzene rings is 11.